The second kappa shape index (κ2) is 7.40. The SMILES string of the molecule is CCCCCc1cc(C(=O)Cc2nc(C)cs2)c(O)cc1O. The van der Waals surface area contributed by atoms with E-state index in [0.717, 1.165) is 30.0 Å². The average molecular weight is 319 g/mol. The van der Waals surface area contributed by atoms with Crippen molar-refractivity contribution in [1.82, 2.24) is 4.98 Å². The largest absolute Gasteiger partial charge is 0.508 e. The van der Waals surface area contributed by atoms with Gasteiger partial charge in [0.1, 0.15) is 16.5 Å². The highest BCUT2D eigenvalue weighted by Gasteiger charge is 2.16. The van der Waals surface area contributed by atoms with Crippen LogP contribution in [0.15, 0.2) is 17.5 Å². The number of phenolic OH excluding ortho intramolecular Hbond substituents is 2. The van der Waals surface area contributed by atoms with E-state index in [2.05, 4.69) is 11.9 Å². The van der Waals surface area contributed by atoms with Crippen LogP contribution in [0.3, 0.4) is 0 Å². The fourth-order valence-corrected chi connectivity index (χ4v) is 3.10. The summed E-state index contributed by atoms with van der Waals surface area (Å²) in [6.07, 6.45) is 3.99. The van der Waals surface area contributed by atoms with Gasteiger partial charge in [-0.1, -0.05) is 19.8 Å². The van der Waals surface area contributed by atoms with Crippen LogP contribution in [-0.4, -0.2) is 21.0 Å². The number of Topliss-reactive ketones (excluding diaryl/α,β-unsaturated/α-hetero) is 1. The minimum atomic E-state index is -0.177. The summed E-state index contributed by atoms with van der Waals surface area (Å²) in [5, 5.41) is 22.5. The molecular weight excluding hydrogens is 298 g/mol. The number of nitrogens with zero attached hydrogens (tertiary/aromatic N) is 1. The molecule has 5 heteroatoms. The predicted molar refractivity (Wildman–Crippen MR) is 87.9 cm³/mol. The Kier molecular flexibility index (Phi) is 5.55. The number of phenols is 2. The molecule has 0 fully saturated rings. The molecule has 0 atom stereocenters. The van der Waals surface area contributed by atoms with Crippen LogP contribution in [0.5, 0.6) is 11.5 Å². The van der Waals surface area contributed by atoms with Crippen LogP contribution >= 0.6 is 11.3 Å². The second-order valence-corrected chi connectivity index (χ2v) is 6.38. The Labute approximate surface area is 134 Å². The first-order valence-corrected chi connectivity index (χ1v) is 8.38. The molecule has 2 aromatic rings. The lowest BCUT2D eigenvalue weighted by Crippen LogP contribution is -2.05. The lowest BCUT2D eigenvalue weighted by atomic mass is 9.99. The van der Waals surface area contributed by atoms with Crippen molar-refractivity contribution in [2.24, 2.45) is 0 Å². The maximum absolute atomic E-state index is 12.4. The number of hydrogen-bond donors (Lipinski definition) is 2. The van der Waals surface area contributed by atoms with Crippen LogP contribution in [0.1, 0.15) is 52.8 Å². The van der Waals surface area contributed by atoms with Crippen LogP contribution in [0, 0.1) is 6.92 Å². The number of aryl methyl sites for hydroxylation is 2. The van der Waals surface area contributed by atoms with Crippen LogP contribution < -0.4 is 0 Å². The zero-order valence-corrected chi connectivity index (χ0v) is 13.7. The number of rotatable bonds is 7. The van der Waals surface area contributed by atoms with E-state index in [0.29, 0.717) is 12.0 Å². The number of carbonyl (C=O) groups excluding carboxylic acids is 1. The molecule has 0 radical (unpaired) electrons. The summed E-state index contributed by atoms with van der Waals surface area (Å²) in [5.74, 6) is -0.297. The van der Waals surface area contributed by atoms with Gasteiger partial charge in [-0.2, -0.15) is 0 Å². The van der Waals surface area contributed by atoms with Gasteiger partial charge >= 0.3 is 0 Å². The van der Waals surface area contributed by atoms with E-state index in [1.54, 1.807) is 6.07 Å². The molecule has 1 aromatic heterocycles. The molecule has 0 aliphatic carbocycles. The van der Waals surface area contributed by atoms with E-state index >= 15 is 0 Å². The number of aromatic nitrogens is 1. The van der Waals surface area contributed by atoms with Gasteiger partial charge in [-0.05, 0) is 31.4 Å². The quantitative estimate of drug-likeness (QED) is 0.597. The van der Waals surface area contributed by atoms with Gasteiger partial charge in [0.15, 0.2) is 5.78 Å². The minimum Gasteiger partial charge on any atom is -0.508 e. The maximum atomic E-state index is 12.4. The molecule has 1 aromatic carbocycles. The third-order valence-electron chi connectivity index (χ3n) is 3.53. The van der Waals surface area contributed by atoms with Gasteiger partial charge in [-0.15, -0.1) is 11.3 Å². The predicted octanol–water partition coefficient (Wildman–Crippen LogP) is 4.02. The third-order valence-corrected chi connectivity index (χ3v) is 4.49. The Morgan fingerprint density at radius 2 is 2.00 bits per heavy atom. The van der Waals surface area contributed by atoms with Crippen LogP contribution in [0.2, 0.25) is 0 Å². The highest BCUT2D eigenvalue weighted by atomic mass is 32.1. The minimum absolute atomic E-state index is 0.0512. The molecule has 4 nitrogen and oxygen atoms in total. The molecule has 0 bridgehead atoms. The van der Waals surface area contributed by atoms with Gasteiger partial charge in [0.05, 0.1) is 12.0 Å². The lowest BCUT2D eigenvalue weighted by molar-refractivity contribution is 0.0990. The molecule has 118 valence electrons. The molecule has 2 rings (SSSR count). The molecule has 0 aliphatic heterocycles. The molecule has 0 saturated heterocycles. The summed E-state index contributed by atoms with van der Waals surface area (Å²) in [6, 6.07) is 2.88. The van der Waals surface area contributed by atoms with E-state index in [4.69, 9.17) is 0 Å². The number of aromatic hydroxyl groups is 2. The van der Waals surface area contributed by atoms with Gasteiger partial charge in [0, 0.05) is 17.1 Å². The summed E-state index contributed by atoms with van der Waals surface area (Å²) in [5.41, 5.74) is 1.87. The molecule has 0 amide bonds. The van der Waals surface area contributed by atoms with Crippen LogP contribution in [0.25, 0.3) is 0 Å². The molecular formula is C17H21NO3S. The van der Waals surface area contributed by atoms with E-state index in [1.807, 2.05) is 12.3 Å². The molecule has 0 unspecified atom stereocenters. The third kappa shape index (κ3) is 4.07. The Balaban J connectivity index is 2.18. The summed E-state index contributed by atoms with van der Waals surface area (Å²) >= 11 is 1.44. The van der Waals surface area contributed by atoms with Crippen molar-refractivity contribution in [3.63, 3.8) is 0 Å². The van der Waals surface area contributed by atoms with E-state index in [9.17, 15) is 15.0 Å². The molecule has 0 aliphatic rings. The molecule has 0 spiro atoms. The zero-order valence-electron chi connectivity index (χ0n) is 12.9. The fourth-order valence-electron chi connectivity index (χ4n) is 2.33. The normalized spacial score (nSPS) is 10.8. The van der Waals surface area contributed by atoms with E-state index in [-0.39, 0.29) is 29.3 Å². The van der Waals surface area contributed by atoms with Crippen molar-refractivity contribution in [2.45, 2.75) is 46.0 Å². The Hall–Kier alpha value is -1.88. The monoisotopic (exact) mass is 319 g/mol. The highest BCUT2D eigenvalue weighted by molar-refractivity contribution is 7.09. The van der Waals surface area contributed by atoms with Gasteiger partial charge in [0.25, 0.3) is 0 Å². The van der Waals surface area contributed by atoms with Gasteiger partial charge in [-0.25, -0.2) is 4.98 Å². The number of carbonyl (C=O) groups is 1. The summed E-state index contributed by atoms with van der Waals surface area (Å²) in [7, 11) is 0. The van der Waals surface area contributed by atoms with E-state index in [1.165, 1.54) is 17.4 Å². The van der Waals surface area contributed by atoms with Gasteiger partial charge < -0.3 is 10.2 Å². The number of thiazole rings is 1. The summed E-state index contributed by atoms with van der Waals surface area (Å²) in [4.78, 5) is 16.6. The smallest absolute Gasteiger partial charge is 0.173 e. The Bertz CT molecular complexity index is 664. The fraction of sp³-hybridized carbons (Fsp3) is 0.412. The van der Waals surface area contributed by atoms with Crippen molar-refractivity contribution in [3.8, 4) is 11.5 Å². The van der Waals surface area contributed by atoms with Gasteiger partial charge in [0.2, 0.25) is 0 Å². The Morgan fingerprint density at radius 1 is 1.23 bits per heavy atom. The topological polar surface area (TPSA) is 70.4 Å². The van der Waals surface area contributed by atoms with Crippen molar-refractivity contribution in [3.05, 3.63) is 39.3 Å². The highest BCUT2D eigenvalue weighted by Crippen LogP contribution is 2.30. The lowest BCUT2D eigenvalue weighted by Gasteiger charge is -2.09. The first kappa shape index (κ1) is 16.5. The summed E-state index contributed by atoms with van der Waals surface area (Å²) < 4.78 is 0. The standard InChI is InChI=1S/C17H21NO3S/c1-3-4-5-6-12-7-13(15(20)8-14(12)19)16(21)9-17-18-11(2)10-22-17/h7-8,10,19-20H,3-6,9H2,1-2H3. The first-order valence-electron chi connectivity index (χ1n) is 7.50. The van der Waals surface area contributed by atoms with Crippen LogP contribution in [-0.2, 0) is 12.8 Å². The summed E-state index contributed by atoms with van der Waals surface area (Å²) in [6.45, 7) is 4.00. The molecule has 22 heavy (non-hydrogen) atoms. The molecule has 0 saturated carbocycles. The number of unbranched alkanes of at least 4 members (excludes halogenated alkanes) is 2. The maximum Gasteiger partial charge on any atom is 0.173 e. The van der Waals surface area contributed by atoms with Crippen molar-refractivity contribution in [2.75, 3.05) is 0 Å². The van der Waals surface area contributed by atoms with Crippen molar-refractivity contribution < 1.29 is 15.0 Å². The number of benzene rings is 1. The second-order valence-electron chi connectivity index (χ2n) is 5.44. The van der Waals surface area contributed by atoms with Crippen molar-refractivity contribution in [1.29, 1.82) is 0 Å². The van der Waals surface area contributed by atoms with Crippen LogP contribution in [0.4, 0.5) is 0 Å². The first-order chi connectivity index (χ1) is 10.5. The van der Waals surface area contributed by atoms with E-state index < -0.39 is 0 Å². The van der Waals surface area contributed by atoms with Gasteiger partial charge in [-0.3, -0.25) is 4.79 Å². The number of ketones is 1. The number of hydrogen-bond acceptors (Lipinski definition) is 5. The molecule has 2 N–H and O–H groups in total. The van der Waals surface area contributed by atoms with Crippen molar-refractivity contribution >= 4 is 17.1 Å². The molecule has 1 heterocycles. The Morgan fingerprint density at radius 3 is 2.64 bits per heavy atom. The average Bonchev–Trinajstić information content (AvgIpc) is 2.86. The zero-order chi connectivity index (χ0) is 16.1.